The number of nitrogens with zero attached hydrogens (tertiary/aromatic N) is 1. The van der Waals surface area contributed by atoms with Gasteiger partial charge < -0.3 is 9.84 Å². The van der Waals surface area contributed by atoms with E-state index >= 15 is 0 Å². The Labute approximate surface area is 90.2 Å². The fraction of sp³-hybridized carbons (Fsp3) is 0.909. The zero-order chi connectivity index (χ0) is 10.8. The highest BCUT2D eigenvalue weighted by molar-refractivity contribution is 5.72. The van der Waals surface area contributed by atoms with E-state index in [1.54, 1.807) is 7.11 Å². The summed E-state index contributed by atoms with van der Waals surface area (Å²) >= 11 is 0. The molecule has 2 rings (SSSR count). The van der Waals surface area contributed by atoms with E-state index in [4.69, 9.17) is 9.84 Å². The molecule has 2 fully saturated rings. The van der Waals surface area contributed by atoms with E-state index < -0.39 is 5.97 Å². The number of ether oxygens (including phenoxy) is 1. The van der Waals surface area contributed by atoms with E-state index in [2.05, 4.69) is 4.90 Å². The van der Waals surface area contributed by atoms with Crippen LogP contribution in [0, 0.1) is 5.92 Å². The van der Waals surface area contributed by atoms with Crippen LogP contribution < -0.4 is 0 Å². The van der Waals surface area contributed by atoms with Crippen molar-refractivity contribution in [3.8, 4) is 0 Å². The first-order chi connectivity index (χ1) is 7.22. The van der Waals surface area contributed by atoms with Gasteiger partial charge in [0.2, 0.25) is 0 Å². The molecule has 1 saturated heterocycles. The van der Waals surface area contributed by atoms with E-state index in [9.17, 15) is 4.79 Å². The Balaban J connectivity index is 1.90. The molecule has 4 nitrogen and oxygen atoms in total. The lowest BCUT2D eigenvalue weighted by molar-refractivity contribution is -0.150. The highest BCUT2D eigenvalue weighted by Gasteiger charge is 2.41. The maximum atomic E-state index is 10.9. The molecule has 3 atom stereocenters. The maximum Gasteiger partial charge on any atom is 0.308 e. The molecular weight excluding hydrogens is 194 g/mol. The van der Waals surface area contributed by atoms with Crippen molar-refractivity contribution >= 4 is 5.97 Å². The number of rotatable bonds is 3. The zero-order valence-electron chi connectivity index (χ0n) is 9.19. The van der Waals surface area contributed by atoms with Gasteiger partial charge in [0.05, 0.1) is 12.0 Å². The fourth-order valence-electron chi connectivity index (χ4n) is 2.67. The van der Waals surface area contributed by atoms with Crippen LogP contribution in [0.25, 0.3) is 0 Å². The monoisotopic (exact) mass is 213 g/mol. The van der Waals surface area contributed by atoms with Crippen molar-refractivity contribution in [2.45, 2.75) is 37.8 Å². The fourth-order valence-corrected chi connectivity index (χ4v) is 2.67. The van der Waals surface area contributed by atoms with Gasteiger partial charge in [-0.15, -0.1) is 0 Å². The van der Waals surface area contributed by atoms with E-state index in [-0.39, 0.29) is 12.0 Å². The number of aliphatic carboxylic acids is 1. The molecule has 0 bridgehead atoms. The van der Waals surface area contributed by atoms with Gasteiger partial charge in [0, 0.05) is 19.7 Å². The highest BCUT2D eigenvalue weighted by atomic mass is 16.5. The molecule has 0 aromatic rings. The van der Waals surface area contributed by atoms with Crippen LogP contribution in [-0.4, -0.2) is 48.3 Å². The summed E-state index contributed by atoms with van der Waals surface area (Å²) in [6, 6.07) is 0.264. The summed E-state index contributed by atoms with van der Waals surface area (Å²) in [7, 11) is 1.74. The molecule has 3 unspecified atom stereocenters. The van der Waals surface area contributed by atoms with Crippen LogP contribution in [0.15, 0.2) is 0 Å². The summed E-state index contributed by atoms with van der Waals surface area (Å²) in [6.45, 7) is 1.94. The maximum absolute atomic E-state index is 10.9. The van der Waals surface area contributed by atoms with Crippen molar-refractivity contribution in [1.82, 2.24) is 4.90 Å². The number of hydrogen-bond acceptors (Lipinski definition) is 3. The van der Waals surface area contributed by atoms with Crippen LogP contribution in [0.1, 0.15) is 25.7 Å². The molecule has 1 heterocycles. The second-order valence-corrected chi connectivity index (χ2v) is 4.58. The summed E-state index contributed by atoms with van der Waals surface area (Å²) in [5.41, 5.74) is 0. The molecule has 1 saturated carbocycles. The van der Waals surface area contributed by atoms with Crippen molar-refractivity contribution in [3.63, 3.8) is 0 Å². The van der Waals surface area contributed by atoms with Gasteiger partial charge >= 0.3 is 5.97 Å². The zero-order valence-corrected chi connectivity index (χ0v) is 9.19. The molecule has 0 aromatic carbocycles. The molecule has 1 aliphatic carbocycles. The molecule has 15 heavy (non-hydrogen) atoms. The van der Waals surface area contributed by atoms with Gasteiger partial charge in [0.15, 0.2) is 0 Å². The topological polar surface area (TPSA) is 49.8 Å². The Hall–Kier alpha value is -0.610. The molecule has 0 spiro atoms. The first-order valence-corrected chi connectivity index (χ1v) is 5.72. The van der Waals surface area contributed by atoms with Gasteiger partial charge in [-0.25, -0.2) is 0 Å². The molecule has 2 aliphatic rings. The van der Waals surface area contributed by atoms with Crippen LogP contribution in [0.5, 0.6) is 0 Å². The van der Waals surface area contributed by atoms with Gasteiger partial charge in [-0.05, 0) is 32.2 Å². The molecule has 1 aliphatic heterocycles. The third kappa shape index (κ3) is 2.16. The van der Waals surface area contributed by atoms with E-state index in [1.165, 1.54) is 0 Å². The first kappa shape index (κ1) is 10.9. The average Bonchev–Trinajstić information content (AvgIpc) is 2.15. The predicted molar refractivity (Wildman–Crippen MR) is 55.8 cm³/mol. The molecule has 0 radical (unpaired) electrons. The van der Waals surface area contributed by atoms with Crippen LogP contribution in [-0.2, 0) is 9.53 Å². The van der Waals surface area contributed by atoms with E-state index in [0.29, 0.717) is 6.10 Å². The Morgan fingerprint density at radius 2 is 2.20 bits per heavy atom. The minimum absolute atomic E-state index is 0.138. The minimum atomic E-state index is -0.634. The Kier molecular flexibility index (Phi) is 3.26. The number of carbonyl (C=O) groups is 1. The van der Waals surface area contributed by atoms with E-state index in [1.807, 2.05) is 0 Å². The minimum Gasteiger partial charge on any atom is -0.481 e. The number of methoxy groups -OCH3 is 1. The number of likely N-dealkylation sites (tertiary alicyclic amines) is 1. The van der Waals surface area contributed by atoms with Crippen molar-refractivity contribution in [3.05, 3.63) is 0 Å². The summed E-state index contributed by atoms with van der Waals surface area (Å²) in [6.07, 6.45) is 4.41. The molecular formula is C11H19NO3. The first-order valence-electron chi connectivity index (χ1n) is 5.72. The van der Waals surface area contributed by atoms with Crippen LogP contribution in [0.3, 0.4) is 0 Å². The molecule has 0 amide bonds. The smallest absolute Gasteiger partial charge is 0.308 e. The van der Waals surface area contributed by atoms with Crippen LogP contribution in [0.4, 0.5) is 0 Å². The third-order valence-corrected chi connectivity index (χ3v) is 3.77. The van der Waals surface area contributed by atoms with Crippen molar-refractivity contribution < 1.29 is 14.6 Å². The lowest BCUT2D eigenvalue weighted by Crippen LogP contribution is -2.54. The van der Waals surface area contributed by atoms with Gasteiger partial charge in [-0.2, -0.15) is 0 Å². The molecule has 0 aromatic heterocycles. The Morgan fingerprint density at radius 3 is 2.73 bits per heavy atom. The summed E-state index contributed by atoms with van der Waals surface area (Å²) in [5, 5.41) is 9.00. The number of piperidine rings is 1. The Morgan fingerprint density at radius 1 is 1.40 bits per heavy atom. The van der Waals surface area contributed by atoms with Crippen LogP contribution in [0.2, 0.25) is 0 Å². The van der Waals surface area contributed by atoms with Gasteiger partial charge in [0.25, 0.3) is 0 Å². The van der Waals surface area contributed by atoms with Gasteiger partial charge in [0.1, 0.15) is 0 Å². The summed E-state index contributed by atoms with van der Waals surface area (Å²) in [5.74, 6) is -0.772. The van der Waals surface area contributed by atoms with Crippen molar-refractivity contribution in [2.24, 2.45) is 5.92 Å². The average molecular weight is 213 g/mol. The largest absolute Gasteiger partial charge is 0.481 e. The number of carboxylic acid groups (broad SMARTS) is 1. The third-order valence-electron chi connectivity index (χ3n) is 3.77. The van der Waals surface area contributed by atoms with E-state index in [0.717, 1.165) is 38.8 Å². The second-order valence-electron chi connectivity index (χ2n) is 4.58. The van der Waals surface area contributed by atoms with Gasteiger partial charge in [-0.3, -0.25) is 9.69 Å². The van der Waals surface area contributed by atoms with Crippen molar-refractivity contribution in [1.29, 1.82) is 0 Å². The Bertz CT molecular complexity index is 244. The van der Waals surface area contributed by atoms with Crippen molar-refractivity contribution in [2.75, 3.05) is 20.2 Å². The highest BCUT2D eigenvalue weighted by Crippen LogP contribution is 2.34. The summed E-state index contributed by atoms with van der Waals surface area (Å²) in [4.78, 5) is 13.2. The predicted octanol–water partition coefficient (Wildman–Crippen LogP) is 0.960. The lowest BCUT2D eigenvalue weighted by Gasteiger charge is -2.45. The molecule has 86 valence electrons. The SMILES string of the molecule is COC1CCCN(C2CCC2C(=O)O)C1. The second kappa shape index (κ2) is 4.49. The standard InChI is InChI=1S/C11H19NO3/c1-15-8-3-2-6-12(7-8)10-5-4-9(10)11(13)14/h8-10H,2-7H2,1H3,(H,13,14). The molecule has 1 N–H and O–H groups in total. The van der Waals surface area contributed by atoms with Gasteiger partial charge in [-0.1, -0.05) is 0 Å². The van der Waals surface area contributed by atoms with Crippen LogP contribution >= 0.6 is 0 Å². The normalized spacial score (nSPS) is 37.3. The summed E-state index contributed by atoms with van der Waals surface area (Å²) < 4.78 is 5.35. The quantitative estimate of drug-likeness (QED) is 0.758. The number of hydrogen-bond donors (Lipinski definition) is 1. The lowest BCUT2D eigenvalue weighted by atomic mass is 9.78. The molecule has 4 heteroatoms. The number of carboxylic acids is 1.